The van der Waals surface area contributed by atoms with Crippen LogP contribution in [0.1, 0.15) is 41.6 Å². The number of hydrogen-bond acceptors (Lipinski definition) is 2. The zero-order chi connectivity index (χ0) is 15.1. The minimum atomic E-state index is 0.237. The van der Waals surface area contributed by atoms with Crippen LogP contribution in [-0.4, -0.2) is 47.9 Å². The molecule has 2 aliphatic heterocycles. The average molecular weight is 298 g/mol. The summed E-state index contributed by atoms with van der Waals surface area (Å²) in [5.41, 5.74) is 2.03. The molecule has 4 rings (SSSR count). The fourth-order valence-electron chi connectivity index (χ4n) is 4.96. The molecule has 1 aromatic carbocycles. The Morgan fingerprint density at radius 3 is 2.41 bits per heavy atom. The van der Waals surface area contributed by atoms with E-state index in [0.29, 0.717) is 11.8 Å². The lowest BCUT2D eigenvalue weighted by atomic mass is 9.90. The highest BCUT2D eigenvalue weighted by molar-refractivity contribution is 5.94. The third kappa shape index (κ3) is 2.45. The van der Waals surface area contributed by atoms with E-state index in [-0.39, 0.29) is 5.91 Å². The van der Waals surface area contributed by atoms with Gasteiger partial charge in [-0.2, -0.15) is 0 Å². The maximum Gasteiger partial charge on any atom is 0.253 e. The third-order valence-electron chi connectivity index (χ3n) is 5.90. The van der Waals surface area contributed by atoms with E-state index in [4.69, 9.17) is 0 Å². The van der Waals surface area contributed by atoms with Gasteiger partial charge in [0.2, 0.25) is 0 Å². The summed E-state index contributed by atoms with van der Waals surface area (Å²) in [5.74, 6) is 1.64. The minimum absolute atomic E-state index is 0.237. The van der Waals surface area contributed by atoms with E-state index < -0.39 is 0 Å². The number of carbonyl (C=O) groups excluding carboxylic acids is 1. The van der Waals surface area contributed by atoms with Crippen molar-refractivity contribution in [1.29, 1.82) is 0 Å². The molecule has 2 atom stereocenters. The van der Waals surface area contributed by atoms with Crippen molar-refractivity contribution in [3.05, 3.63) is 35.4 Å². The molecule has 3 nitrogen and oxygen atoms in total. The number of rotatable bonds is 2. The SMILES string of the molecule is Cc1cccc(C(=O)N2CC3CCC(C2)C3N2CCCC2)c1. The van der Waals surface area contributed by atoms with Crippen LogP contribution in [0, 0.1) is 18.8 Å². The van der Waals surface area contributed by atoms with Gasteiger partial charge in [0.25, 0.3) is 5.91 Å². The normalized spacial score (nSPS) is 31.7. The number of amides is 1. The molecule has 0 spiro atoms. The van der Waals surface area contributed by atoms with Gasteiger partial charge in [0.15, 0.2) is 0 Å². The first kappa shape index (κ1) is 14.3. The Balaban J connectivity index is 1.49. The van der Waals surface area contributed by atoms with Crippen LogP contribution in [0.25, 0.3) is 0 Å². The number of piperidine rings is 1. The number of likely N-dealkylation sites (tertiary alicyclic amines) is 2. The van der Waals surface area contributed by atoms with E-state index in [2.05, 4.69) is 22.8 Å². The van der Waals surface area contributed by atoms with Crippen LogP contribution in [0.2, 0.25) is 0 Å². The molecule has 2 bridgehead atoms. The predicted molar refractivity (Wildman–Crippen MR) is 87.9 cm³/mol. The number of benzene rings is 1. The minimum Gasteiger partial charge on any atom is -0.338 e. The van der Waals surface area contributed by atoms with Crippen LogP contribution in [-0.2, 0) is 0 Å². The Bertz CT molecular complexity index is 550. The molecule has 0 aromatic heterocycles. The van der Waals surface area contributed by atoms with Crippen LogP contribution in [0.3, 0.4) is 0 Å². The fourth-order valence-corrected chi connectivity index (χ4v) is 4.96. The van der Waals surface area contributed by atoms with Crippen molar-refractivity contribution in [1.82, 2.24) is 9.80 Å². The smallest absolute Gasteiger partial charge is 0.253 e. The van der Waals surface area contributed by atoms with E-state index in [1.165, 1.54) is 44.3 Å². The van der Waals surface area contributed by atoms with E-state index in [0.717, 1.165) is 24.7 Å². The fraction of sp³-hybridized carbons (Fsp3) is 0.632. The Morgan fingerprint density at radius 1 is 1.09 bits per heavy atom. The first-order chi connectivity index (χ1) is 10.7. The summed E-state index contributed by atoms with van der Waals surface area (Å²) in [7, 11) is 0. The van der Waals surface area contributed by atoms with Gasteiger partial charge < -0.3 is 4.90 Å². The van der Waals surface area contributed by atoms with Gasteiger partial charge >= 0.3 is 0 Å². The third-order valence-corrected chi connectivity index (χ3v) is 5.90. The van der Waals surface area contributed by atoms with Gasteiger partial charge in [-0.3, -0.25) is 9.69 Å². The number of aryl methyl sites for hydroxylation is 1. The van der Waals surface area contributed by atoms with Gasteiger partial charge in [-0.25, -0.2) is 0 Å². The van der Waals surface area contributed by atoms with E-state index >= 15 is 0 Å². The van der Waals surface area contributed by atoms with Crippen molar-refractivity contribution in [3.63, 3.8) is 0 Å². The molecule has 2 saturated heterocycles. The second-order valence-corrected chi connectivity index (χ2v) is 7.41. The molecule has 2 heterocycles. The molecule has 0 N–H and O–H groups in total. The van der Waals surface area contributed by atoms with Crippen molar-refractivity contribution in [2.45, 2.75) is 38.6 Å². The summed E-state index contributed by atoms with van der Waals surface area (Å²) >= 11 is 0. The molecule has 1 aromatic rings. The summed E-state index contributed by atoms with van der Waals surface area (Å²) in [5, 5.41) is 0. The van der Waals surface area contributed by atoms with Crippen LogP contribution in [0.4, 0.5) is 0 Å². The topological polar surface area (TPSA) is 23.6 Å². The van der Waals surface area contributed by atoms with Crippen LogP contribution in [0.5, 0.6) is 0 Å². The molecule has 0 radical (unpaired) electrons. The average Bonchev–Trinajstić information content (AvgIpc) is 3.12. The lowest BCUT2D eigenvalue weighted by Crippen LogP contribution is -2.53. The molecule has 118 valence electrons. The number of hydrogen-bond donors (Lipinski definition) is 0. The standard InChI is InChI=1S/C19H26N2O/c1-14-5-4-6-15(11-14)19(22)21-12-16-7-8-17(13-21)18(16)20-9-2-3-10-20/h4-6,11,16-18H,2-3,7-10,12-13H2,1H3. The Labute approximate surface area is 133 Å². The maximum absolute atomic E-state index is 12.8. The van der Waals surface area contributed by atoms with Crippen LogP contribution >= 0.6 is 0 Å². The summed E-state index contributed by atoms with van der Waals surface area (Å²) in [4.78, 5) is 17.7. The van der Waals surface area contributed by atoms with E-state index in [1.54, 1.807) is 0 Å². The molecule has 3 aliphatic rings. The van der Waals surface area contributed by atoms with Gasteiger partial charge in [-0.1, -0.05) is 17.7 Å². The molecule has 2 unspecified atom stereocenters. The van der Waals surface area contributed by atoms with Crippen molar-refractivity contribution in [2.24, 2.45) is 11.8 Å². The summed E-state index contributed by atoms with van der Waals surface area (Å²) in [6.45, 7) is 6.54. The highest BCUT2D eigenvalue weighted by Crippen LogP contribution is 2.41. The summed E-state index contributed by atoms with van der Waals surface area (Å²) in [6.07, 6.45) is 5.34. The number of fused-ring (bicyclic) bond motifs is 2. The molecule has 1 amide bonds. The summed E-state index contributed by atoms with van der Waals surface area (Å²) < 4.78 is 0. The second kappa shape index (κ2) is 5.69. The molecule has 3 heteroatoms. The molecule has 3 fully saturated rings. The monoisotopic (exact) mass is 298 g/mol. The largest absolute Gasteiger partial charge is 0.338 e. The molecule has 1 saturated carbocycles. The van der Waals surface area contributed by atoms with E-state index in [1.807, 2.05) is 18.2 Å². The molecular formula is C19H26N2O. The predicted octanol–water partition coefficient (Wildman–Crippen LogP) is 2.94. The summed E-state index contributed by atoms with van der Waals surface area (Å²) in [6, 6.07) is 8.79. The molecule has 22 heavy (non-hydrogen) atoms. The molecular weight excluding hydrogens is 272 g/mol. The zero-order valence-electron chi connectivity index (χ0n) is 13.5. The van der Waals surface area contributed by atoms with Gasteiger partial charge in [0.1, 0.15) is 0 Å². The van der Waals surface area contributed by atoms with Crippen molar-refractivity contribution < 1.29 is 4.79 Å². The Kier molecular flexibility index (Phi) is 3.69. The van der Waals surface area contributed by atoms with Crippen molar-refractivity contribution in [3.8, 4) is 0 Å². The highest BCUT2D eigenvalue weighted by Gasteiger charge is 2.46. The van der Waals surface area contributed by atoms with Gasteiger partial charge in [-0.05, 0) is 69.7 Å². The number of carbonyl (C=O) groups is 1. The Hall–Kier alpha value is -1.35. The quantitative estimate of drug-likeness (QED) is 0.838. The van der Waals surface area contributed by atoms with Crippen LogP contribution < -0.4 is 0 Å². The van der Waals surface area contributed by atoms with Crippen molar-refractivity contribution >= 4 is 5.91 Å². The first-order valence-corrected chi connectivity index (χ1v) is 8.82. The second-order valence-electron chi connectivity index (χ2n) is 7.41. The van der Waals surface area contributed by atoms with Crippen molar-refractivity contribution in [2.75, 3.05) is 26.2 Å². The maximum atomic E-state index is 12.8. The lowest BCUT2D eigenvalue weighted by Gasteiger charge is -2.42. The van der Waals surface area contributed by atoms with Crippen LogP contribution in [0.15, 0.2) is 24.3 Å². The Morgan fingerprint density at radius 2 is 1.77 bits per heavy atom. The highest BCUT2D eigenvalue weighted by atomic mass is 16.2. The van der Waals surface area contributed by atoms with E-state index in [9.17, 15) is 4.79 Å². The first-order valence-electron chi connectivity index (χ1n) is 8.82. The lowest BCUT2D eigenvalue weighted by molar-refractivity contribution is 0.0432. The van der Waals surface area contributed by atoms with Gasteiger partial charge in [0.05, 0.1) is 0 Å². The van der Waals surface area contributed by atoms with Gasteiger partial charge in [-0.15, -0.1) is 0 Å². The molecule has 1 aliphatic carbocycles. The van der Waals surface area contributed by atoms with Gasteiger partial charge in [0, 0.05) is 24.7 Å². The zero-order valence-corrected chi connectivity index (χ0v) is 13.5. The number of nitrogens with zero attached hydrogens (tertiary/aromatic N) is 2.